The number of nitrogens with one attached hydrogen (secondary N) is 1. The molecule has 0 atom stereocenters. The van der Waals surface area contributed by atoms with E-state index in [1.165, 1.54) is 0 Å². The van der Waals surface area contributed by atoms with Crippen LogP contribution in [0.2, 0.25) is 0 Å². The van der Waals surface area contributed by atoms with E-state index in [4.69, 9.17) is 4.42 Å². The summed E-state index contributed by atoms with van der Waals surface area (Å²) in [7, 11) is 0. The van der Waals surface area contributed by atoms with Crippen molar-refractivity contribution in [2.45, 2.75) is 32.6 Å². The number of anilines is 1. The quantitative estimate of drug-likeness (QED) is 0.582. The van der Waals surface area contributed by atoms with Crippen LogP contribution in [0.4, 0.5) is 5.82 Å². The van der Waals surface area contributed by atoms with E-state index in [0.29, 0.717) is 24.7 Å². The number of nitrogens with zero attached hydrogens (tertiary/aromatic N) is 6. The van der Waals surface area contributed by atoms with Crippen LogP contribution in [0.3, 0.4) is 0 Å². The van der Waals surface area contributed by atoms with Crippen LogP contribution in [-0.2, 0) is 11.8 Å². The molecule has 0 bridgehead atoms. The molecule has 0 radical (unpaired) electrons. The maximum absolute atomic E-state index is 5.72. The van der Waals surface area contributed by atoms with Crippen molar-refractivity contribution < 1.29 is 4.42 Å². The maximum atomic E-state index is 5.72. The molecule has 0 saturated carbocycles. The van der Waals surface area contributed by atoms with Crippen LogP contribution >= 0.6 is 0 Å². The molecule has 0 saturated heterocycles. The fourth-order valence-electron chi connectivity index (χ4n) is 2.70. The van der Waals surface area contributed by atoms with Crippen molar-refractivity contribution in [1.29, 1.82) is 0 Å². The maximum Gasteiger partial charge on any atom is 0.247 e. The normalized spacial score (nSPS) is 11.8. The van der Waals surface area contributed by atoms with Gasteiger partial charge in [-0.1, -0.05) is 39.0 Å². The number of fused-ring (bicyclic) bond motifs is 1. The van der Waals surface area contributed by atoms with Crippen molar-refractivity contribution in [2.24, 2.45) is 0 Å². The van der Waals surface area contributed by atoms with Gasteiger partial charge in [-0.25, -0.2) is 0 Å². The zero-order chi connectivity index (χ0) is 18.9. The molecule has 0 spiro atoms. The first-order valence-electron chi connectivity index (χ1n) is 8.85. The molecule has 0 fully saturated rings. The number of benzene rings is 1. The first-order chi connectivity index (χ1) is 13.0. The monoisotopic (exact) mass is 363 g/mol. The average molecular weight is 363 g/mol. The van der Waals surface area contributed by atoms with E-state index in [-0.39, 0.29) is 5.41 Å². The number of hydrogen-bond acceptors (Lipinski definition) is 7. The lowest BCUT2D eigenvalue weighted by Crippen LogP contribution is -2.18. The molecule has 3 aromatic heterocycles. The van der Waals surface area contributed by atoms with Crippen molar-refractivity contribution >= 4 is 11.5 Å². The van der Waals surface area contributed by atoms with Crippen LogP contribution in [0.1, 0.15) is 32.5 Å². The fourth-order valence-corrected chi connectivity index (χ4v) is 2.70. The van der Waals surface area contributed by atoms with E-state index in [2.05, 4.69) is 51.6 Å². The Hall–Kier alpha value is -3.29. The molecule has 8 nitrogen and oxygen atoms in total. The highest BCUT2D eigenvalue weighted by molar-refractivity contribution is 5.51. The average Bonchev–Trinajstić information content (AvgIpc) is 3.29. The van der Waals surface area contributed by atoms with Gasteiger partial charge in [0.15, 0.2) is 11.5 Å². The van der Waals surface area contributed by atoms with E-state index in [9.17, 15) is 0 Å². The first-order valence-corrected chi connectivity index (χ1v) is 8.85. The standard InChI is InChI=1S/C19H21N7O/c1-19(2,3)18-24-21-15-10-9-14(25-26(15)18)20-12-11-16-22-23-17(27-16)13-7-5-4-6-8-13/h4-10H,11-12H2,1-3H3,(H,20,25). The van der Waals surface area contributed by atoms with Gasteiger partial charge in [0.05, 0.1) is 0 Å². The SMILES string of the molecule is CC(C)(C)c1nnc2ccc(NCCc3nnc(-c4ccccc4)o3)nn12. The van der Waals surface area contributed by atoms with Gasteiger partial charge in [0, 0.05) is 23.9 Å². The minimum atomic E-state index is -0.136. The Morgan fingerprint density at radius 1 is 0.963 bits per heavy atom. The Morgan fingerprint density at radius 2 is 1.78 bits per heavy atom. The topological polar surface area (TPSA) is 94.0 Å². The zero-order valence-corrected chi connectivity index (χ0v) is 15.5. The molecule has 3 heterocycles. The summed E-state index contributed by atoms with van der Waals surface area (Å²) in [5.74, 6) is 2.69. The summed E-state index contributed by atoms with van der Waals surface area (Å²) in [5.41, 5.74) is 1.51. The van der Waals surface area contributed by atoms with Crippen LogP contribution in [-0.4, -0.2) is 36.6 Å². The third kappa shape index (κ3) is 3.64. The second-order valence-electron chi connectivity index (χ2n) is 7.31. The van der Waals surface area contributed by atoms with Crippen molar-refractivity contribution in [2.75, 3.05) is 11.9 Å². The third-order valence-electron chi connectivity index (χ3n) is 4.07. The van der Waals surface area contributed by atoms with Gasteiger partial charge in [-0.3, -0.25) is 0 Å². The summed E-state index contributed by atoms with van der Waals surface area (Å²) in [6.07, 6.45) is 0.605. The van der Waals surface area contributed by atoms with E-state index in [1.54, 1.807) is 4.52 Å². The summed E-state index contributed by atoms with van der Waals surface area (Å²) in [5, 5.41) is 24.5. The lowest BCUT2D eigenvalue weighted by atomic mass is 9.96. The van der Waals surface area contributed by atoms with Gasteiger partial charge in [0.1, 0.15) is 5.82 Å². The van der Waals surface area contributed by atoms with Crippen molar-refractivity contribution in [1.82, 2.24) is 30.0 Å². The predicted octanol–water partition coefficient (Wildman–Crippen LogP) is 3.13. The second kappa shape index (κ2) is 6.79. The van der Waals surface area contributed by atoms with E-state index < -0.39 is 0 Å². The van der Waals surface area contributed by atoms with Gasteiger partial charge >= 0.3 is 0 Å². The molecule has 0 amide bonds. The number of hydrogen-bond donors (Lipinski definition) is 1. The predicted molar refractivity (Wildman–Crippen MR) is 101 cm³/mol. The lowest BCUT2D eigenvalue weighted by Gasteiger charge is -2.15. The molecule has 4 rings (SSSR count). The molecule has 8 heteroatoms. The highest BCUT2D eigenvalue weighted by atomic mass is 16.4. The highest BCUT2D eigenvalue weighted by Crippen LogP contribution is 2.21. The largest absolute Gasteiger partial charge is 0.421 e. The van der Waals surface area contributed by atoms with Crippen LogP contribution < -0.4 is 5.32 Å². The van der Waals surface area contributed by atoms with Gasteiger partial charge in [0.25, 0.3) is 0 Å². The van der Waals surface area contributed by atoms with E-state index in [1.807, 2.05) is 42.5 Å². The number of rotatable bonds is 5. The van der Waals surface area contributed by atoms with Gasteiger partial charge < -0.3 is 9.73 Å². The summed E-state index contributed by atoms with van der Waals surface area (Å²) < 4.78 is 7.50. The molecular weight excluding hydrogens is 342 g/mol. The molecule has 0 unspecified atom stereocenters. The smallest absolute Gasteiger partial charge is 0.247 e. The summed E-state index contributed by atoms with van der Waals surface area (Å²) in [6, 6.07) is 13.5. The van der Waals surface area contributed by atoms with Crippen LogP contribution in [0.15, 0.2) is 46.9 Å². The van der Waals surface area contributed by atoms with Gasteiger partial charge in [-0.2, -0.15) is 4.52 Å². The summed E-state index contributed by atoms with van der Waals surface area (Å²) in [4.78, 5) is 0. The first kappa shape index (κ1) is 17.1. The van der Waals surface area contributed by atoms with Crippen LogP contribution in [0.5, 0.6) is 0 Å². The summed E-state index contributed by atoms with van der Waals surface area (Å²) >= 11 is 0. The van der Waals surface area contributed by atoms with Gasteiger partial charge in [-0.05, 0) is 24.3 Å². The molecule has 27 heavy (non-hydrogen) atoms. The molecule has 0 aliphatic heterocycles. The van der Waals surface area contributed by atoms with Gasteiger partial charge in [-0.15, -0.1) is 25.5 Å². The minimum Gasteiger partial charge on any atom is -0.421 e. The van der Waals surface area contributed by atoms with Crippen molar-refractivity contribution in [3.8, 4) is 11.5 Å². The Labute approximate surface area is 156 Å². The molecule has 4 aromatic rings. The molecule has 0 aliphatic carbocycles. The van der Waals surface area contributed by atoms with Crippen LogP contribution in [0.25, 0.3) is 17.1 Å². The van der Waals surface area contributed by atoms with Crippen molar-refractivity contribution in [3.63, 3.8) is 0 Å². The Bertz CT molecular complexity index is 1050. The van der Waals surface area contributed by atoms with E-state index >= 15 is 0 Å². The molecule has 1 aromatic carbocycles. The van der Waals surface area contributed by atoms with E-state index in [0.717, 1.165) is 22.9 Å². The Kier molecular flexibility index (Phi) is 4.31. The fraction of sp³-hybridized carbons (Fsp3) is 0.316. The Balaban J connectivity index is 1.43. The molecule has 0 aliphatic rings. The highest BCUT2D eigenvalue weighted by Gasteiger charge is 2.21. The van der Waals surface area contributed by atoms with Crippen molar-refractivity contribution in [3.05, 3.63) is 54.2 Å². The summed E-state index contributed by atoms with van der Waals surface area (Å²) in [6.45, 7) is 6.89. The molecule has 138 valence electrons. The molecular formula is C19H21N7O. The minimum absolute atomic E-state index is 0.136. The van der Waals surface area contributed by atoms with Crippen LogP contribution in [0, 0.1) is 0 Å². The third-order valence-corrected chi connectivity index (χ3v) is 4.07. The zero-order valence-electron chi connectivity index (χ0n) is 15.5. The molecule has 1 N–H and O–H groups in total. The lowest BCUT2D eigenvalue weighted by molar-refractivity contribution is 0.509. The second-order valence-corrected chi connectivity index (χ2v) is 7.31. The van der Waals surface area contributed by atoms with Gasteiger partial charge in [0.2, 0.25) is 11.8 Å². The number of aromatic nitrogens is 6. The Morgan fingerprint density at radius 3 is 2.56 bits per heavy atom.